The van der Waals surface area contributed by atoms with Crippen molar-refractivity contribution in [3.63, 3.8) is 0 Å². The van der Waals surface area contributed by atoms with Gasteiger partial charge in [-0.05, 0) is 43.2 Å². The van der Waals surface area contributed by atoms with E-state index in [1.54, 1.807) is 55.5 Å². The third-order valence-corrected chi connectivity index (χ3v) is 7.56. The minimum atomic E-state index is -3.81. The van der Waals surface area contributed by atoms with Crippen LogP contribution in [-0.4, -0.2) is 44.6 Å². The minimum Gasteiger partial charge on any atom is -0.454 e. The van der Waals surface area contributed by atoms with Crippen molar-refractivity contribution < 1.29 is 32.5 Å². The van der Waals surface area contributed by atoms with E-state index in [0.717, 1.165) is 0 Å². The molecule has 1 N–H and O–H groups in total. The van der Waals surface area contributed by atoms with Crippen molar-refractivity contribution in [3.05, 3.63) is 54.1 Å². The van der Waals surface area contributed by atoms with Crippen molar-refractivity contribution in [1.29, 1.82) is 0 Å². The summed E-state index contributed by atoms with van der Waals surface area (Å²) in [6.45, 7) is 2.83. The molecule has 2 aromatic carbocycles. The van der Waals surface area contributed by atoms with E-state index in [9.17, 15) is 13.5 Å². The Hall–Kier alpha value is -2.13. The molecule has 0 aliphatic carbocycles. The fraction of sp³-hybridized carbons (Fsp3) is 0.429. The second-order valence-corrected chi connectivity index (χ2v) is 9.49. The summed E-state index contributed by atoms with van der Waals surface area (Å²) >= 11 is 0. The average Bonchev–Trinajstić information content (AvgIpc) is 3.37. The second-order valence-electron chi connectivity index (χ2n) is 7.32. The van der Waals surface area contributed by atoms with E-state index in [4.69, 9.17) is 18.9 Å². The van der Waals surface area contributed by atoms with Gasteiger partial charge in [-0.3, -0.25) is 0 Å². The maximum absolute atomic E-state index is 13.4. The number of rotatable bonds is 7. The summed E-state index contributed by atoms with van der Waals surface area (Å²) in [5.41, 5.74) is 0.456. The molecule has 2 aliphatic heterocycles. The van der Waals surface area contributed by atoms with Crippen LogP contribution in [0.4, 0.5) is 0 Å². The van der Waals surface area contributed by atoms with Crippen molar-refractivity contribution >= 4 is 9.84 Å². The Morgan fingerprint density at radius 2 is 1.72 bits per heavy atom. The number of sulfone groups is 1. The van der Waals surface area contributed by atoms with E-state index in [1.165, 1.54) is 0 Å². The summed E-state index contributed by atoms with van der Waals surface area (Å²) in [4.78, 5) is 0.170. The number of fused-ring (bicyclic) bond motifs is 1. The second kappa shape index (κ2) is 7.95. The zero-order chi connectivity index (χ0) is 20.5. The van der Waals surface area contributed by atoms with Crippen LogP contribution < -0.4 is 9.47 Å². The van der Waals surface area contributed by atoms with Crippen LogP contribution >= 0.6 is 0 Å². The zero-order valence-electron chi connectivity index (χ0n) is 16.1. The molecule has 7 nitrogen and oxygen atoms in total. The maximum Gasteiger partial charge on any atom is 0.231 e. The smallest absolute Gasteiger partial charge is 0.231 e. The molecule has 29 heavy (non-hydrogen) atoms. The van der Waals surface area contributed by atoms with Crippen molar-refractivity contribution in [2.75, 3.05) is 20.0 Å². The van der Waals surface area contributed by atoms with Crippen LogP contribution in [0, 0.1) is 0 Å². The Morgan fingerprint density at radius 3 is 2.45 bits per heavy atom. The predicted octanol–water partition coefficient (Wildman–Crippen LogP) is 2.83. The molecule has 0 amide bonds. The van der Waals surface area contributed by atoms with E-state index in [1.807, 2.05) is 0 Å². The summed E-state index contributed by atoms with van der Waals surface area (Å²) in [7, 11) is -3.81. The number of aliphatic hydroxyl groups excluding tert-OH is 1. The largest absolute Gasteiger partial charge is 0.454 e. The summed E-state index contributed by atoms with van der Waals surface area (Å²) in [6, 6.07) is 13.1. The highest BCUT2D eigenvalue weighted by atomic mass is 32.2. The lowest BCUT2D eigenvalue weighted by Crippen LogP contribution is -2.33. The standard InChI is InChI=1S/C21H24O7S/c1-21(27-11-12-28-21)10-9-19(29(23,24)16-5-3-2-4-6-16)20(22)15-7-8-17-18(13-15)26-14-25-17/h2-8,13,19-20,22H,9-12,14H2,1H3. The molecular formula is C21H24O7S. The number of benzene rings is 2. The number of hydrogen-bond donors (Lipinski definition) is 1. The molecule has 2 unspecified atom stereocenters. The van der Waals surface area contributed by atoms with Crippen LogP contribution in [0.5, 0.6) is 11.5 Å². The normalized spacial score (nSPS) is 19.8. The molecule has 0 aromatic heterocycles. The van der Waals surface area contributed by atoms with Crippen molar-refractivity contribution in [2.24, 2.45) is 0 Å². The molecule has 4 rings (SSSR count). The first-order valence-corrected chi connectivity index (χ1v) is 11.1. The number of hydrogen-bond acceptors (Lipinski definition) is 7. The molecule has 2 atom stereocenters. The van der Waals surface area contributed by atoms with E-state index in [2.05, 4.69) is 0 Å². The molecule has 2 aromatic rings. The Kier molecular flexibility index (Phi) is 5.52. The molecule has 0 radical (unpaired) electrons. The predicted molar refractivity (Wildman–Crippen MR) is 104 cm³/mol. The lowest BCUT2D eigenvalue weighted by Gasteiger charge is -2.28. The first-order valence-electron chi connectivity index (χ1n) is 9.54. The molecule has 8 heteroatoms. The summed E-state index contributed by atoms with van der Waals surface area (Å²) in [6.07, 6.45) is -0.742. The van der Waals surface area contributed by atoms with Gasteiger partial charge < -0.3 is 24.1 Å². The third-order valence-electron chi connectivity index (χ3n) is 5.34. The van der Waals surface area contributed by atoms with Gasteiger partial charge in [0, 0.05) is 6.42 Å². The average molecular weight is 420 g/mol. The Bertz CT molecular complexity index is 952. The van der Waals surface area contributed by atoms with Gasteiger partial charge in [-0.2, -0.15) is 0 Å². The van der Waals surface area contributed by atoms with Gasteiger partial charge in [0.2, 0.25) is 6.79 Å². The summed E-state index contributed by atoms with van der Waals surface area (Å²) in [5, 5.41) is 10.0. The first kappa shape index (κ1) is 20.2. The van der Waals surface area contributed by atoms with Crippen molar-refractivity contribution in [1.82, 2.24) is 0 Å². The zero-order valence-corrected chi connectivity index (χ0v) is 16.9. The van der Waals surface area contributed by atoms with Crippen LogP contribution in [-0.2, 0) is 19.3 Å². The van der Waals surface area contributed by atoms with E-state index in [-0.39, 0.29) is 18.1 Å². The SMILES string of the molecule is CC1(CCC(C(O)c2ccc3c(c2)OCO3)S(=O)(=O)c2ccccc2)OCCO1. The van der Waals surface area contributed by atoms with Crippen molar-refractivity contribution in [3.8, 4) is 11.5 Å². The monoisotopic (exact) mass is 420 g/mol. The van der Waals surface area contributed by atoms with E-state index < -0.39 is 27.0 Å². The van der Waals surface area contributed by atoms with Gasteiger partial charge in [0.15, 0.2) is 27.1 Å². The topological polar surface area (TPSA) is 91.3 Å². The summed E-state index contributed by atoms with van der Waals surface area (Å²) in [5.74, 6) is 0.217. The maximum atomic E-state index is 13.4. The van der Waals surface area contributed by atoms with Crippen LogP contribution in [0.25, 0.3) is 0 Å². The van der Waals surface area contributed by atoms with E-state index in [0.29, 0.717) is 36.7 Å². The number of ether oxygens (including phenoxy) is 4. The lowest BCUT2D eigenvalue weighted by atomic mass is 10.0. The molecule has 2 heterocycles. The fourth-order valence-electron chi connectivity index (χ4n) is 3.69. The van der Waals surface area contributed by atoms with Gasteiger partial charge in [0.1, 0.15) is 0 Å². The molecule has 0 saturated carbocycles. The molecule has 156 valence electrons. The number of aliphatic hydroxyl groups is 1. The van der Waals surface area contributed by atoms with Crippen LogP contribution in [0.3, 0.4) is 0 Å². The van der Waals surface area contributed by atoms with Crippen LogP contribution in [0.2, 0.25) is 0 Å². The van der Waals surface area contributed by atoms with Crippen LogP contribution in [0.1, 0.15) is 31.4 Å². The van der Waals surface area contributed by atoms with Gasteiger partial charge in [0.25, 0.3) is 0 Å². The quantitative estimate of drug-likeness (QED) is 0.736. The highest BCUT2D eigenvalue weighted by Gasteiger charge is 2.39. The van der Waals surface area contributed by atoms with Gasteiger partial charge in [-0.25, -0.2) is 8.42 Å². The molecule has 1 saturated heterocycles. The van der Waals surface area contributed by atoms with Crippen molar-refractivity contribution in [2.45, 2.75) is 41.8 Å². The van der Waals surface area contributed by atoms with Gasteiger partial charge in [-0.15, -0.1) is 0 Å². The Morgan fingerprint density at radius 1 is 1.03 bits per heavy atom. The third kappa shape index (κ3) is 4.11. The van der Waals surface area contributed by atoms with Gasteiger partial charge in [-0.1, -0.05) is 24.3 Å². The van der Waals surface area contributed by atoms with Gasteiger partial charge in [0.05, 0.1) is 29.5 Å². The highest BCUT2D eigenvalue weighted by Crippen LogP contribution is 2.38. The molecule has 1 fully saturated rings. The lowest BCUT2D eigenvalue weighted by molar-refractivity contribution is -0.148. The Labute approximate surface area is 170 Å². The highest BCUT2D eigenvalue weighted by molar-refractivity contribution is 7.92. The molecule has 0 spiro atoms. The minimum absolute atomic E-state index is 0.105. The fourth-order valence-corrected chi connectivity index (χ4v) is 5.50. The first-order chi connectivity index (χ1) is 13.9. The Balaban J connectivity index is 1.65. The van der Waals surface area contributed by atoms with E-state index >= 15 is 0 Å². The van der Waals surface area contributed by atoms with Crippen LogP contribution in [0.15, 0.2) is 53.4 Å². The molecular weight excluding hydrogens is 396 g/mol. The van der Waals surface area contributed by atoms with Gasteiger partial charge >= 0.3 is 0 Å². The summed E-state index contributed by atoms with van der Waals surface area (Å²) < 4.78 is 48.7. The molecule has 0 bridgehead atoms. The molecule has 2 aliphatic rings.